The average molecular weight is 449 g/mol. The minimum absolute atomic E-state index is 0.0381. The van der Waals surface area contributed by atoms with Crippen LogP contribution in [-0.4, -0.2) is 24.6 Å². The molecule has 3 aromatic rings. The SMILES string of the molecule is CCCCc1ccc2c(c1)sc(=NC(=O)CCCS(=O)(=O)c1ccc(F)cc1)n2C. The molecule has 8 heteroatoms. The van der Waals surface area contributed by atoms with Crippen molar-refractivity contribution in [3.05, 3.63) is 58.6 Å². The minimum atomic E-state index is -3.55. The van der Waals surface area contributed by atoms with Gasteiger partial charge in [-0.3, -0.25) is 4.79 Å². The zero-order valence-corrected chi connectivity index (χ0v) is 18.7. The molecule has 0 bridgehead atoms. The monoisotopic (exact) mass is 448 g/mol. The number of hydrogen-bond acceptors (Lipinski definition) is 4. The molecule has 0 aliphatic carbocycles. The molecule has 0 radical (unpaired) electrons. The second kappa shape index (κ2) is 9.66. The molecule has 2 aromatic carbocycles. The lowest BCUT2D eigenvalue weighted by molar-refractivity contribution is -0.118. The number of thiazole rings is 1. The largest absolute Gasteiger partial charge is 0.319 e. The van der Waals surface area contributed by atoms with Crippen molar-refractivity contribution >= 4 is 37.3 Å². The van der Waals surface area contributed by atoms with Gasteiger partial charge in [-0.2, -0.15) is 4.99 Å². The van der Waals surface area contributed by atoms with Gasteiger partial charge in [-0.15, -0.1) is 0 Å². The Bertz CT molecular complexity index is 1210. The summed E-state index contributed by atoms with van der Waals surface area (Å²) in [4.78, 5) is 17.1. The fourth-order valence-corrected chi connectivity index (χ4v) is 5.57. The van der Waals surface area contributed by atoms with Crippen LogP contribution in [0.1, 0.15) is 38.2 Å². The maximum atomic E-state index is 13.0. The van der Waals surface area contributed by atoms with E-state index in [1.807, 2.05) is 11.6 Å². The summed E-state index contributed by atoms with van der Waals surface area (Å²) >= 11 is 1.46. The van der Waals surface area contributed by atoms with Crippen LogP contribution in [0.2, 0.25) is 0 Å². The fraction of sp³-hybridized carbons (Fsp3) is 0.364. The van der Waals surface area contributed by atoms with E-state index >= 15 is 0 Å². The molecule has 0 aliphatic rings. The lowest BCUT2D eigenvalue weighted by Gasteiger charge is -2.03. The third-order valence-electron chi connectivity index (χ3n) is 4.89. The summed E-state index contributed by atoms with van der Waals surface area (Å²) in [5, 5.41) is 0. The highest BCUT2D eigenvalue weighted by atomic mass is 32.2. The number of fused-ring (bicyclic) bond motifs is 1. The van der Waals surface area contributed by atoms with E-state index in [1.165, 1.54) is 29.0 Å². The summed E-state index contributed by atoms with van der Waals surface area (Å²) in [6.07, 6.45) is 3.51. The summed E-state index contributed by atoms with van der Waals surface area (Å²) in [6.45, 7) is 2.16. The van der Waals surface area contributed by atoms with Crippen LogP contribution in [0.15, 0.2) is 52.4 Å². The number of hydrogen-bond donors (Lipinski definition) is 0. The number of unbranched alkanes of at least 4 members (excludes halogenated alkanes) is 1. The van der Waals surface area contributed by atoms with Crippen LogP contribution in [-0.2, 0) is 28.1 Å². The Kier molecular flexibility index (Phi) is 7.20. The zero-order chi connectivity index (χ0) is 21.7. The predicted molar refractivity (Wildman–Crippen MR) is 118 cm³/mol. The first kappa shape index (κ1) is 22.4. The van der Waals surface area contributed by atoms with Gasteiger partial charge in [0.1, 0.15) is 5.82 Å². The van der Waals surface area contributed by atoms with Crippen LogP contribution in [0.5, 0.6) is 0 Å². The molecule has 3 rings (SSSR count). The normalized spacial score (nSPS) is 12.6. The van der Waals surface area contributed by atoms with Gasteiger partial charge in [0.05, 0.1) is 20.9 Å². The minimum Gasteiger partial charge on any atom is -0.319 e. The van der Waals surface area contributed by atoms with Gasteiger partial charge in [0.15, 0.2) is 14.6 Å². The molecule has 1 amide bonds. The van der Waals surface area contributed by atoms with E-state index in [-0.39, 0.29) is 29.4 Å². The summed E-state index contributed by atoms with van der Waals surface area (Å²) < 4.78 is 40.5. The number of amides is 1. The highest BCUT2D eigenvalue weighted by Gasteiger charge is 2.15. The molecular formula is C22H25FN2O3S2. The summed E-state index contributed by atoms with van der Waals surface area (Å²) in [7, 11) is -1.68. The van der Waals surface area contributed by atoms with E-state index in [0.717, 1.165) is 41.6 Å². The second-order valence-corrected chi connectivity index (χ2v) is 10.3. The predicted octanol–water partition coefficient (Wildman–Crippen LogP) is 4.40. The van der Waals surface area contributed by atoms with Crippen molar-refractivity contribution in [2.45, 2.75) is 43.9 Å². The van der Waals surface area contributed by atoms with Crippen LogP contribution in [0.4, 0.5) is 4.39 Å². The van der Waals surface area contributed by atoms with Gasteiger partial charge in [-0.1, -0.05) is 30.7 Å². The molecule has 0 saturated heterocycles. The first-order valence-electron chi connectivity index (χ1n) is 9.94. The lowest BCUT2D eigenvalue weighted by Crippen LogP contribution is -2.14. The van der Waals surface area contributed by atoms with Gasteiger partial charge >= 0.3 is 0 Å². The number of carbonyl (C=O) groups excluding carboxylic acids is 1. The lowest BCUT2D eigenvalue weighted by atomic mass is 10.1. The van der Waals surface area contributed by atoms with Gasteiger partial charge in [0.25, 0.3) is 0 Å². The van der Waals surface area contributed by atoms with Gasteiger partial charge in [-0.05, 0) is 61.2 Å². The van der Waals surface area contributed by atoms with Crippen molar-refractivity contribution in [1.29, 1.82) is 0 Å². The molecule has 0 fully saturated rings. The maximum absolute atomic E-state index is 13.0. The Morgan fingerprint density at radius 2 is 1.87 bits per heavy atom. The Hall–Kier alpha value is -2.32. The van der Waals surface area contributed by atoms with Crippen molar-refractivity contribution in [2.24, 2.45) is 12.0 Å². The summed E-state index contributed by atoms with van der Waals surface area (Å²) in [6, 6.07) is 11.0. The molecule has 0 atom stereocenters. The average Bonchev–Trinajstić information content (AvgIpc) is 3.01. The highest BCUT2D eigenvalue weighted by Crippen LogP contribution is 2.20. The molecule has 0 spiro atoms. The molecular weight excluding hydrogens is 423 g/mol. The molecule has 1 heterocycles. The zero-order valence-electron chi connectivity index (χ0n) is 17.1. The van der Waals surface area contributed by atoms with Crippen molar-refractivity contribution < 1.29 is 17.6 Å². The van der Waals surface area contributed by atoms with Crippen LogP contribution in [0.25, 0.3) is 10.2 Å². The number of rotatable bonds is 8. The van der Waals surface area contributed by atoms with Gasteiger partial charge < -0.3 is 4.57 Å². The van der Waals surface area contributed by atoms with E-state index in [4.69, 9.17) is 0 Å². The van der Waals surface area contributed by atoms with Crippen molar-refractivity contribution in [2.75, 3.05) is 5.75 Å². The third kappa shape index (κ3) is 5.43. The molecule has 0 aliphatic heterocycles. The Morgan fingerprint density at radius 3 is 2.57 bits per heavy atom. The van der Waals surface area contributed by atoms with Crippen LogP contribution in [0.3, 0.4) is 0 Å². The number of nitrogens with zero attached hydrogens (tertiary/aromatic N) is 2. The van der Waals surface area contributed by atoms with Gasteiger partial charge in [0.2, 0.25) is 5.91 Å². The van der Waals surface area contributed by atoms with Crippen molar-refractivity contribution in [3.63, 3.8) is 0 Å². The first-order valence-corrected chi connectivity index (χ1v) is 12.4. The molecule has 0 N–H and O–H groups in total. The molecule has 160 valence electrons. The van der Waals surface area contributed by atoms with Crippen molar-refractivity contribution in [3.8, 4) is 0 Å². The summed E-state index contributed by atoms with van der Waals surface area (Å²) in [5.74, 6) is -1.02. The van der Waals surface area contributed by atoms with Crippen LogP contribution in [0, 0.1) is 5.82 Å². The Labute approximate surface area is 179 Å². The van der Waals surface area contributed by atoms with E-state index in [2.05, 4.69) is 30.1 Å². The number of benzene rings is 2. The van der Waals surface area contributed by atoms with E-state index in [0.29, 0.717) is 4.80 Å². The summed E-state index contributed by atoms with van der Waals surface area (Å²) in [5.41, 5.74) is 2.29. The highest BCUT2D eigenvalue weighted by molar-refractivity contribution is 7.91. The number of aryl methyl sites for hydroxylation is 2. The van der Waals surface area contributed by atoms with E-state index in [9.17, 15) is 17.6 Å². The molecule has 5 nitrogen and oxygen atoms in total. The first-order chi connectivity index (χ1) is 14.3. The quantitative estimate of drug-likeness (QED) is 0.480. The molecule has 0 saturated carbocycles. The van der Waals surface area contributed by atoms with Crippen molar-refractivity contribution in [1.82, 2.24) is 4.57 Å². The van der Waals surface area contributed by atoms with Crippen LogP contribution < -0.4 is 4.80 Å². The standard InChI is InChI=1S/C22H25FN2O3S2/c1-3-4-6-16-8-13-19-20(15-16)29-22(25(19)2)24-21(26)7-5-14-30(27,28)18-11-9-17(23)10-12-18/h8-13,15H,3-7,14H2,1-2H3. The van der Waals surface area contributed by atoms with E-state index < -0.39 is 15.7 Å². The smallest absolute Gasteiger partial charge is 0.248 e. The fourth-order valence-electron chi connectivity index (χ4n) is 3.16. The molecule has 30 heavy (non-hydrogen) atoms. The number of aromatic nitrogens is 1. The second-order valence-electron chi connectivity index (χ2n) is 7.23. The third-order valence-corrected chi connectivity index (χ3v) is 7.80. The number of sulfone groups is 1. The number of carbonyl (C=O) groups is 1. The van der Waals surface area contributed by atoms with Gasteiger partial charge in [-0.25, -0.2) is 12.8 Å². The molecule has 0 unspecified atom stereocenters. The number of halogens is 1. The maximum Gasteiger partial charge on any atom is 0.248 e. The van der Waals surface area contributed by atoms with E-state index in [1.54, 1.807) is 0 Å². The Balaban J connectivity index is 1.68. The topological polar surface area (TPSA) is 68.5 Å². The molecule has 1 aromatic heterocycles. The van der Waals surface area contributed by atoms with Crippen LogP contribution >= 0.6 is 11.3 Å². The van der Waals surface area contributed by atoms with Gasteiger partial charge in [0, 0.05) is 13.5 Å². The Morgan fingerprint density at radius 1 is 1.13 bits per heavy atom.